The summed E-state index contributed by atoms with van der Waals surface area (Å²) in [6.45, 7) is 2.05. The highest BCUT2D eigenvalue weighted by Crippen LogP contribution is 2.21. The van der Waals surface area contributed by atoms with Gasteiger partial charge in [0.05, 0.1) is 29.4 Å². The first-order valence-electron chi connectivity index (χ1n) is 5.68. The monoisotopic (exact) mass is 265 g/mol. The van der Waals surface area contributed by atoms with Crippen LogP contribution in [-0.4, -0.2) is 28.8 Å². The van der Waals surface area contributed by atoms with Crippen molar-refractivity contribution in [2.24, 2.45) is 0 Å². The average molecular weight is 265 g/mol. The Labute approximate surface area is 109 Å². The highest BCUT2D eigenvalue weighted by Gasteiger charge is 2.07. The molecule has 0 fully saturated rings. The van der Waals surface area contributed by atoms with E-state index in [1.165, 1.54) is 0 Å². The summed E-state index contributed by atoms with van der Waals surface area (Å²) in [6.07, 6.45) is 0. The molecule has 1 heterocycles. The molecule has 0 spiro atoms. The molecule has 1 aromatic heterocycles. The minimum Gasteiger partial charge on any atom is -0.394 e. The minimum absolute atomic E-state index is 0.0748. The molecule has 2 amide bonds. The second-order valence-electron chi connectivity index (χ2n) is 3.99. The van der Waals surface area contributed by atoms with Gasteiger partial charge in [-0.15, -0.1) is 11.3 Å². The van der Waals surface area contributed by atoms with Crippen molar-refractivity contribution >= 4 is 27.6 Å². The lowest BCUT2D eigenvalue weighted by atomic mass is 10.3. The summed E-state index contributed by atoms with van der Waals surface area (Å²) in [5.41, 5.74) is 0.948. The lowest BCUT2D eigenvalue weighted by Crippen LogP contribution is -2.41. The zero-order valence-corrected chi connectivity index (χ0v) is 10.8. The molecule has 0 aliphatic carbocycles. The largest absolute Gasteiger partial charge is 0.394 e. The molecule has 1 aromatic carbocycles. The number of urea groups is 1. The van der Waals surface area contributed by atoms with E-state index >= 15 is 0 Å². The van der Waals surface area contributed by atoms with Gasteiger partial charge >= 0.3 is 6.03 Å². The van der Waals surface area contributed by atoms with Crippen molar-refractivity contribution in [2.75, 3.05) is 6.61 Å². The Morgan fingerprint density at radius 2 is 2.28 bits per heavy atom. The summed E-state index contributed by atoms with van der Waals surface area (Å²) in [6, 6.07) is 7.31. The molecule has 18 heavy (non-hydrogen) atoms. The topological polar surface area (TPSA) is 74.2 Å². The summed E-state index contributed by atoms with van der Waals surface area (Å²) >= 11 is 1.56. The van der Waals surface area contributed by atoms with Crippen molar-refractivity contribution in [1.29, 1.82) is 0 Å². The van der Waals surface area contributed by atoms with Crippen LogP contribution in [-0.2, 0) is 6.54 Å². The highest BCUT2D eigenvalue weighted by molar-refractivity contribution is 7.18. The summed E-state index contributed by atoms with van der Waals surface area (Å²) in [5, 5.41) is 15.0. The van der Waals surface area contributed by atoms with Crippen LogP contribution >= 0.6 is 11.3 Å². The zero-order chi connectivity index (χ0) is 13.0. The highest BCUT2D eigenvalue weighted by atomic mass is 32.1. The maximum Gasteiger partial charge on any atom is 0.315 e. The molecule has 2 aromatic rings. The van der Waals surface area contributed by atoms with Gasteiger partial charge < -0.3 is 15.7 Å². The number of rotatable bonds is 4. The second-order valence-corrected chi connectivity index (χ2v) is 5.10. The Kier molecular flexibility index (Phi) is 4.11. The van der Waals surface area contributed by atoms with Crippen LogP contribution in [0.5, 0.6) is 0 Å². The first-order chi connectivity index (χ1) is 8.69. The van der Waals surface area contributed by atoms with Crippen molar-refractivity contribution in [3.8, 4) is 0 Å². The van der Waals surface area contributed by atoms with Crippen LogP contribution in [0.2, 0.25) is 0 Å². The average Bonchev–Trinajstić information content (AvgIpc) is 2.79. The Balaban J connectivity index is 1.92. The predicted molar refractivity (Wildman–Crippen MR) is 71.5 cm³/mol. The van der Waals surface area contributed by atoms with Crippen LogP contribution in [0.1, 0.15) is 11.9 Å². The summed E-state index contributed by atoms with van der Waals surface area (Å²) in [4.78, 5) is 15.9. The number of nitrogens with one attached hydrogen (secondary N) is 2. The van der Waals surface area contributed by atoms with E-state index in [1.807, 2.05) is 24.3 Å². The lowest BCUT2D eigenvalue weighted by molar-refractivity contribution is 0.220. The first-order valence-corrected chi connectivity index (χ1v) is 6.50. The molecular formula is C12H15N3O2S. The number of amides is 2. The van der Waals surface area contributed by atoms with Crippen LogP contribution in [0.25, 0.3) is 10.2 Å². The van der Waals surface area contributed by atoms with E-state index in [0.717, 1.165) is 15.2 Å². The van der Waals surface area contributed by atoms with E-state index in [2.05, 4.69) is 15.6 Å². The number of thiazole rings is 1. The molecule has 5 nitrogen and oxygen atoms in total. The molecule has 1 atom stereocenters. The molecule has 3 N–H and O–H groups in total. The van der Waals surface area contributed by atoms with Crippen LogP contribution in [0.15, 0.2) is 24.3 Å². The molecule has 96 valence electrons. The molecule has 0 aliphatic rings. The molecule has 0 saturated carbocycles. The van der Waals surface area contributed by atoms with Gasteiger partial charge in [0, 0.05) is 0 Å². The quantitative estimate of drug-likeness (QED) is 0.784. The predicted octanol–water partition coefficient (Wildman–Crippen LogP) is 1.48. The second kappa shape index (κ2) is 5.79. The molecule has 0 saturated heterocycles. The molecule has 1 unspecified atom stereocenters. The summed E-state index contributed by atoms with van der Waals surface area (Å²) < 4.78 is 1.11. The Bertz CT molecular complexity index is 508. The molecule has 0 bridgehead atoms. The van der Waals surface area contributed by atoms with Gasteiger partial charge in [-0.1, -0.05) is 12.1 Å². The maximum absolute atomic E-state index is 11.4. The minimum atomic E-state index is -0.296. The number of nitrogens with zero attached hydrogens (tertiary/aromatic N) is 1. The molecular weight excluding hydrogens is 250 g/mol. The SMILES string of the molecule is CC(CO)NC(=O)NCc1nc2ccccc2s1. The smallest absolute Gasteiger partial charge is 0.315 e. The van der Waals surface area contributed by atoms with E-state index in [0.29, 0.717) is 6.54 Å². The van der Waals surface area contributed by atoms with E-state index in [9.17, 15) is 4.79 Å². The third-order valence-electron chi connectivity index (χ3n) is 2.39. The number of carbonyl (C=O) groups excluding carboxylic acids is 1. The number of aromatic nitrogens is 1. The molecule has 0 aliphatic heterocycles. The van der Waals surface area contributed by atoms with Crippen LogP contribution in [0.3, 0.4) is 0 Å². The van der Waals surface area contributed by atoms with Crippen molar-refractivity contribution in [1.82, 2.24) is 15.6 Å². The van der Waals surface area contributed by atoms with Crippen molar-refractivity contribution < 1.29 is 9.90 Å². The van der Waals surface area contributed by atoms with Gasteiger partial charge in [-0.05, 0) is 19.1 Å². The Hall–Kier alpha value is -1.66. The van der Waals surface area contributed by atoms with E-state index in [1.54, 1.807) is 18.3 Å². The number of hydrogen-bond acceptors (Lipinski definition) is 4. The number of para-hydroxylation sites is 1. The van der Waals surface area contributed by atoms with Crippen molar-refractivity contribution in [2.45, 2.75) is 19.5 Å². The molecule has 6 heteroatoms. The van der Waals surface area contributed by atoms with Gasteiger partial charge in [0.15, 0.2) is 0 Å². The van der Waals surface area contributed by atoms with Crippen molar-refractivity contribution in [3.63, 3.8) is 0 Å². The van der Waals surface area contributed by atoms with Gasteiger partial charge in [-0.2, -0.15) is 0 Å². The first kappa shape index (κ1) is 12.8. The molecule has 0 radical (unpaired) electrons. The van der Waals surface area contributed by atoms with Gasteiger partial charge in [0.1, 0.15) is 5.01 Å². The number of benzene rings is 1. The standard InChI is InChI=1S/C12H15N3O2S/c1-8(7-16)14-12(17)13-6-11-15-9-4-2-3-5-10(9)18-11/h2-5,8,16H,6-7H2,1H3,(H2,13,14,17). The van der Waals surface area contributed by atoms with Gasteiger partial charge in [-0.3, -0.25) is 0 Å². The third-order valence-corrected chi connectivity index (χ3v) is 3.43. The Morgan fingerprint density at radius 1 is 1.50 bits per heavy atom. The molecule has 2 rings (SSSR count). The van der Waals surface area contributed by atoms with Crippen LogP contribution < -0.4 is 10.6 Å². The van der Waals surface area contributed by atoms with Crippen LogP contribution in [0.4, 0.5) is 4.79 Å². The van der Waals surface area contributed by atoms with Gasteiger partial charge in [0.2, 0.25) is 0 Å². The maximum atomic E-state index is 11.4. The van der Waals surface area contributed by atoms with Gasteiger partial charge in [-0.25, -0.2) is 9.78 Å². The van der Waals surface area contributed by atoms with Gasteiger partial charge in [0.25, 0.3) is 0 Å². The lowest BCUT2D eigenvalue weighted by Gasteiger charge is -2.10. The fourth-order valence-electron chi connectivity index (χ4n) is 1.47. The number of fused-ring (bicyclic) bond motifs is 1. The fourth-order valence-corrected chi connectivity index (χ4v) is 2.38. The van der Waals surface area contributed by atoms with E-state index < -0.39 is 0 Å². The van der Waals surface area contributed by atoms with E-state index in [-0.39, 0.29) is 18.7 Å². The van der Waals surface area contributed by atoms with Crippen LogP contribution in [0, 0.1) is 0 Å². The fraction of sp³-hybridized carbons (Fsp3) is 0.333. The third kappa shape index (κ3) is 3.18. The normalized spacial score (nSPS) is 12.3. The number of aliphatic hydroxyl groups excluding tert-OH is 1. The summed E-state index contributed by atoms with van der Waals surface area (Å²) in [5.74, 6) is 0. The Morgan fingerprint density at radius 3 is 3.00 bits per heavy atom. The number of hydrogen-bond donors (Lipinski definition) is 3. The van der Waals surface area contributed by atoms with Crippen molar-refractivity contribution in [3.05, 3.63) is 29.3 Å². The zero-order valence-electron chi connectivity index (χ0n) is 10.0. The number of carbonyl (C=O) groups is 1. The number of aliphatic hydroxyl groups is 1. The van der Waals surface area contributed by atoms with E-state index in [4.69, 9.17) is 5.11 Å². The summed E-state index contributed by atoms with van der Waals surface area (Å²) in [7, 11) is 0.